The van der Waals surface area contributed by atoms with Crippen LogP contribution in [0.1, 0.15) is 25.7 Å². The number of nitrogens with zero attached hydrogens (tertiary/aromatic N) is 2. The lowest BCUT2D eigenvalue weighted by Gasteiger charge is -2.39. The molecule has 0 radical (unpaired) electrons. The second kappa shape index (κ2) is 5.34. The zero-order chi connectivity index (χ0) is 13.4. The first-order valence-electron chi connectivity index (χ1n) is 7.83. The van der Waals surface area contributed by atoms with Crippen LogP contribution < -0.4 is 4.74 Å². The van der Waals surface area contributed by atoms with Crippen LogP contribution in [0.5, 0.6) is 5.88 Å². The van der Waals surface area contributed by atoms with E-state index in [1.54, 1.807) is 6.20 Å². The van der Waals surface area contributed by atoms with Gasteiger partial charge < -0.3 is 9.47 Å². The monoisotopic (exact) mass is 274 g/mol. The fourth-order valence-electron chi connectivity index (χ4n) is 3.55. The highest BCUT2D eigenvalue weighted by atomic mass is 16.5. The van der Waals surface area contributed by atoms with Crippen molar-refractivity contribution in [1.29, 1.82) is 0 Å². The summed E-state index contributed by atoms with van der Waals surface area (Å²) in [5.74, 6) is 1.67. The molecule has 1 aromatic heterocycles. The predicted molar refractivity (Wildman–Crippen MR) is 75.7 cm³/mol. The molecule has 2 aliphatic carbocycles. The fourth-order valence-corrected chi connectivity index (χ4v) is 3.55. The number of ether oxygens (including phenoxy) is 2. The fraction of sp³-hybridized carbons (Fsp3) is 0.688. The van der Waals surface area contributed by atoms with Crippen molar-refractivity contribution < 1.29 is 9.47 Å². The molecule has 2 saturated carbocycles. The minimum atomic E-state index is 0.164. The van der Waals surface area contributed by atoms with Crippen LogP contribution in [0.3, 0.4) is 0 Å². The summed E-state index contributed by atoms with van der Waals surface area (Å²) >= 11 is 0. The average Bonchev–Trinajstić information content (AvgIpc) is 3.21. The molecular formula is C16H22N2O2. The van der Waals surface area contributed by atoms with E-state index in [1.165, 1.54) is 25.8 Å². The molecule has 4 nitrogen and oxygen atoms in total. The molecule has 1 saturated heterocycles. The molecule has 0 N–H and O–H groups in total. The van der Waals surface area contributed by atoms with E-state index in [2.05, 4.69) is 9.88 Å². The van der Waals surface area contributed by atoms with Crippen LogP contribution in [0, 0.1) is 5.92 Å². The van der Waals surface area contributed by atoms with Crippen molar-refractivity contribution in [3.05, 3.63) is 24.4 Å². The Kier molecular flexibility index (Phi) is 3.36. The Morgan fingerprint density at radius 1 is 1.25 bits per heavy atom. The molecule has 4 rings (SSSR count). The molecule has 108 valence electrons. The van der Waals surface area contributed by atoms with Gasteiger partial charge in [-0.3, -0.25) is 4.90 Å². The molecule has 0 bridgehead atoms. The molecule has 20 heavy (non-hydrogen) atoms. The van der Waals surface area contributed by atoms with E-state index in [4.69, 9.17) is 9.47 Å². The van der Waals surface area contributed by atoms with Gasteiger partial charge in [-0.05, 0) is 37.7 Å². The van der Waals surface area contributed by atoms with Crippen molar-refractivity contribution in [2.24, 2.45) is 5.92 Å². The van der Waals surface area contributed by atoms with Gasteiger partial charge in [-0.1, -0.05) is 6.07 Å². The molecule has 2 heterocycles. The van der Waals surface area contributed by atoms with Crippen LogP contribution in [-0.2, 0) is 4.74 Å². The molecule has 3 atom stereocenters. The summed E-state index contributed by atoms with van der Waals surface area (Å²) in [5.41, 5.74) is 0. The van der Waals surface area contributed by atoms with Crippen molar-refractivity contribution in [1.82, 2.24) is 9.88 Å². The third-order valence-electron chi connectivity index (χ3n) is 4.75. The van der Waals surface area contributed by atoms with Gasteiger partial charge in [-0.15, -0.1) is 0 Å². The quantitative estimate of drug-likeness (QED) is 0.842. The normalized spacial score (nSPS) is 33.9. The topological polar surface area (TPSA) is 34.6 Å². The van der Waals surface area contributed by atoms with E-state index in [0.717, 1.165) is 31.4 Å². The summed E-state index contributed by atoms with van der Waals surface area (Å²) in [6, 6.07) is 6.37. The lowest BCUT2D eigenvalue weighted by Crippen LogP contribution is -2.52. The SMILES string of the molecule is c1ccc(O[C@H]2CC[C@H]3[C@H]2OCCN3CC2CC2)nc1. The molecular weight excluding hydrogens is 252 g/mol. The van der Waals surface area contributed by atoms with Crippen LogP contribution in [0.15, 0.2) is 24.4 Å². The predicted octanol–water partition coefficient (Wildman–Crippen LogP) is 2.10. The highest BCUT2D eigenvalue weighted by molar-refractivity contribution is 5.11. The summed E-state index contributed by atoms with van der Waals surface area (Å²) in [6.45, 7) is 3.20. The van der Waals surface area contributed by atoms with Crippen molar-refractivity contribution in [3.63, 3.8) is 0 Å². The Bertz CT molecular complexity index is 449. The van der Waals surface area contributed by atoms with E-state index < -0.39 is 0 Å². The van der Waals surface area contributed by atoms with Crippen LogP contribution in [0.25, 0.3) is 0 Å². The van der Waals surface area contributed by atoms with Crippen molar-refractivity contribution >= 4 is 0 Å². The third kappa shape index (κ3) is 2.54. The highest BCUT2D eigenvalue weighted by Crippen LogP contribution is 2.36. The second-order valence-corrected chi connectivity index (χ2v) is 6.24. The Hall–Kier alpha value is -1.13. The standard InChI is InChI=1S/C16H22N2O2/c1-2-8-17-15(3-1)20-14-7-6-13-16(14)19-10-9-18(13)11-12-4-5-12/h1-3,8,12-14,16H,4-7,9-11H2/t13-,14-,16+/m0/s1. The van der Waals surface area contributed by atoms with Gasteiger partial charge in [0.2, 0.25) is 5.88 Å². The van der Waals surface area contributed by atoms with Crippen molar-refractivity contribution in [2.45, 2.75) is 43.9 Å². The minimum Gasteiger partial charge on any atom is -0.472 e. The number of aromatic nitrogens is 1. The molecule has 0 aromatic carbocycles. The molecule has 0 spiro atoms. The van der Waals surface area contributed by atoms with E-state index in [1.807, 2.05) is 18.2 Å². The van der Waals surface area contributed by atoms with Gasteiger partial charge in [-0.25, -0.2) is 4.98 Å². The van der Waals surface area contributed by atoms with Crippen LogP contribution in [0.4, 0.5) is 0 Å². The summed E-state index contributed by atoms with van der Waals surface area (Å²) in [7, 11) is 0. The molecule has 3 aliphatic rings. The first kappa shape index (κ1) is 12.6. The van der Waals surface area contributed by atoms with Crippen LogP contribution >= 0.6 is 0 Å². The van der Waals surface area contributed by atoms with Gasteiger partial charge in [0.15, 0.2) is 0 Å². The van der Waals surface area contributed by atoms with Gasteiger partial charge in [-0.2, -0.15) is 0 Å². The summed E-state index contributed by atoms with van der Waals surface area (Å²) in [5, 5.41) is 0. The minimum absolute atomic E-state index is 0.164. The number of rotatable bonds is 4. The number of hydrogen-bond donors (Lipinski definition) is 0. The van der Waals surface area contributed by atoms with Gasteiger partial charge >= 0.3 is 0 Å². The zero-order valence-corrected chi connectivity index (χ0v) is 11.8. The Labute approximate surface area is 120 Å². The first-order chi connectivity index (χ1) is 9.90. The first-order valence-corrected chi connectivity index (χ1v) is 7.83. The van der Waals surface area contributed by atoms with E-state index in [-0.39, 0.29) is 12.2 Å². The summed E-state index contributed by atoms with van der Waals surface area (Å²) in [6.07, 6.45) is 7.28. The number of hydrogen-bond acceptors (Lipinski definition) is 4. The van der Waals surface area contributed by atoms with Gasteiger partial charge in [0.05, 0.1) is 6.61 Å². The van der Waals surface area contributed by atoms with Gasteiger partial charge in [0, 0.05) is 31.4 Å². The largest absolute Gasteiger partial charge is 0.472 e. The van der Waals surface area contributed by atoms with Gasteiger partial charge in [0.1, 0.15) is 12.2 Å². The smallest absolute Gasteiger partial charge is 0.213 e. The maximum atomic E-state index is 6.05. The second-order valence-electron chi connectivity index (χ2n) is 6.24. The molecule has 0 unspecified atom stereocenters. The Balaban J connectivity index is 1.42. The average molecular weight is 274 g/mol. The number of morpholine rings is 1. The molecule has 1 aromatic rings. The lowest BCUT2D eigenvalue weighted by molar-refractivity contribution is -0.0906. The van der Waals surface area contributed by atoms with Gasteiger partial charge in [0.25, 0.3) is 0 Å². The maximum absolute atomic E-state index is 6.05. The molecule has 0 amide bonds. The van der Waals surface area contributed by atoms with E-state index in [9.17, 15) is 0 Å². The number of fused-ring (bicyclic) bond motifs is 1. The number of pyridine rings is 1. The van der Waals surface area contributed by atoms with E-state index in [0.29, 0.717) is 6.04 Å². The van der Waals surface area contributed by atoms with Crippen molar-refractivity contribution in [2.75, 3.05) is 19.7 Å². The van der Waals surface area contributed by atoms with Crippen molar-refractivity contribution in [3.8, 4) is 5.88 Å². The maximum Gasteiger partial charge on any atom is 0.213 e. The van der Waals surface area contributed by atoms with Crippen LogP contribution in [-0.4, -0.2) is 47.8 Å². The molecule has 3 fully saturated rings. The summed E-state index contributed by atoms with van der Waals surface area (Å²) < 4.78 is 12.1. The van der Waals surface area contributed by atoms with E-state index >= 15 is 0 Å². The lowest BCUT2D eigenvalue weighted by atomic mass is 10.1. The zero-order valence-electron chi connectivity index (χ0n) is 11.8. The third-order valence-corrected chi connectivity index (χ3v) is 4.75. The highest BCUT2D eigenvalue weighted by Gasteiger charge is 2.45. The van der Waals surface area contributed by atoms with Crippen LogP contribution in [0.2, 0.25) is 0 Å². The molecule has 1 aliphatic heterocycles. The Morgan fingerprint density at radius 3 is 3.00 bits per heavy atom. The summed E-state index contributed by atoms with van der Waals surface area (Å²) in [4.78, 5) is 6.91. The Morgan fingerprint density at radius 2 is 2.20 bits per heavy atom. The molecule has 4 heteroatoms.